The molecule has 0 atom stereocenters. The number of carbonyl (C=O) groups is 2. The normalized spacial score (nSPS) is 12.5. The van der Waals surface area contributed by atoms with Crippen LogP contribution in [0.3, 0.4) is 0 Å². The monoisotopic (exact) mass is 468 g/mol. The van der Waals surface area contributed by atoms with Crippen molar-refractivity contribution in [2.45, 2.75) is 24.5 Å². The molecule has 0 saturated carbocycles. The summed E-state index contributed by atoms with van der Waals surface area (Å²) >= 11 is 1.33. The quantitative estimate of drug-likeness (QED) is 0.478. The Morgan fingerprint density at radius 3 is 2.52 bits per heavy atom. The zero-order chi connectivity index (χ0) is 23.2. The third-order valence-corrected chi connectivity index (χ3v) is 6.33. The molecule has 3 aromatic carbocycles. The zero-order valence-corrected chi connectivity index (χ0v) is 18.5. The molecule has 1 aliphatic heterocycles. The molecule has 0 bridgehead atoms. The second-order valence-corrected chi connectivity index (χ2v) is 8.43. The molecule has 1 aliphatic rings. The van der Waals surface area contributed by atoms with Crippen LogP contribution in [0.15, 0.2) is 77.7 Å². The maximum atomic E-state index is 12.8. The highest BCUT2D eigenvalue weighted by molar-refractivity contribution is 8.00. The summed E-state index contributed by atoms with van der Waals surface area (Å²) in [7, 11) is 0. The van der Waals surface area contributed by atoms with Crippen molar-refractivity contribution in [2.24, 2.45) is 0 Å². The van der Waals surface area contributed by atoms with Crippen LogP contribution in [-0.4, -0.2) is 30.7 Å². The van der Waals surface area contributed by atoms with Gasteiger partial charge in [-0.25, -0.2) is 0 Å². The fraction of sp³-hybridized carbons (Fsp3) is 0.200. The summed E-state index contributed by atoms with van der Waals surface area (Å²) in [5.41, 5.74) is 3.36. The zero-order valence-electron chi connectivity index (χ0n) is 17.7. The molecule has 4 rings (SSSR count). The lowest BCUT2D eigenvalue weighted by Gasteiger charge is -2.17. The fourth-order valence-electron chi connectivity index (χ4n) is 3.66. The van der Waals surface area contributed by atoms with Crippen molar-refractivity contribution in [2.75, 3.05) is 17.2 Å². The van der Waals surface area contributed by atoms with E-state index in [0.29, 0.717) is 12.1 Å². The Labute approximate surface area is 194 Å². The lowest BCUT2D eigenvalue weighted by molar-refractivity contribution is -0.116. The van der Waals surface area contributed by atoms with Gasteiger partial charge in [0.2, 0.25) is 5.91 Å². The van der Waals surface area contributed by atoms with Crippen LogP contribution in [0, 0.1) is 0 Å². The molecule has 0 aliphatic carbocycles. The van der Waals surface area contributed by atoms with Gasteiger partial charge in [-0.2, -0.15) is 8.78 Å². The van der Waals surface area contributed by atoms with Crippen LogP contribution in [0.25, 0.3) is 0 Å². The second-order valence-electron chi connectivity index (χ2n) is 7.41. The third-order valence-electron chi connectivity index (χ3n) is 5.27. The Kier molecular flexibility index (Phi) is 7.24. The molecule has 2 amide bonds. The highest BCUT2D eigenvalue weighted by atomic mass is 32.2. The van der Waals surface area contributed by atoms with Gasteiger partial charge in [0, 0.05) is 23.7 Å². The Morgan fingerprint density at radius 2 is 1.73 bits per heavy atom. The molecule has 0 saturated heterocycles. The molecule has 0 aromatic heterocycles. The van der Waals surface area contributed by atoms with Crippen molar-refractivity contribution in [1.82, 2.24) is 5.32 Å². The van der Waals surface area contributed by atoms with E-state index >= 15 is 0 Å². The summed E-state index contributed by atoms with van der Waals surface area (Å²) in [6, 6.07) is 21.1. The van der Waals surface area contributed by atoms with Crippen LogP contribution in [0.1, 0.15) is 21.5 Å². The first kappa shape index (κ1) is 22.8. The van der Waals surface area contributed by atoms with Crippen molar-refractivity contribution in [3.8, 4) is 5.75 Å². The van der Waals surface area contributed by atoms with E-state index in [1.807, 2.05) is 36.4 Å². The number of benzene rings is 3. The Bertz CT molecular complexity index is 1140. The van der Waals surface area contributed by atoms with E-state index in [9.17, 15) is 18.4 Å². The molecule has 0 unspecified atom stereocenters. The van der Waals surface area contributed by atoms with Gasteiger partial charge in [0.15, 0.2) is 0 Å². The smallest absolute Gasteiger partial charge is 0.387 e. The predicted molar refractivity (Wildman–Crippen MR) is 124 cm³/mol. The average molecular weight is 469 g/mol. The van der Waals surface area contributed by atoms with Crippen molar-refractivity contribution < 1.29 is 23.1 Å². The molecule has 5 nitrogen and oxygen atoms in total. The minimum atomic E-state index is -2.88. The van der Waals surface area contributed by atoms with Crippen LogP contribution in [0.4, 0.5) is 14.5 Å². The summed E-state index contributed by atoms with van der Waals surface area (Å²) < 4.78 is 28.9. The van der Waals surface area contributed by atoms with E-state index in [-0.39, 0.29) is 29.9 Å². The molecular weight excluding hydrogens is 446 g/mol. The number of carbonyl (C=O) groups excluding carboxylic acids is 2. The minimum Gasteiger partial charge on any atom is -0.435 e. The molecule has 0 spiro atoms. The molecule has 3 aromatic rings. The number of rotatable bonds is 8. The van der Waals surface area contributed by atoms with E-state index in [2.05, 4.69) is 10.1 Å². The number of halogens is 2. The van der Waals surface area contributed by atoms with Crippen molar-refractivity contribution in [3.63, 3.8) is 0 Å². The van der Waals surface area contributed by atoms with E-state index in [1.165, 1.54) is 29.5 Å². The highest BCUT2D eigenvalue weighted by Gasteiger charge is 2.24. The summed E-state index contributed by atoms with van der Waals surface area (Å²) in [6.07, 6.45) is 0.848. The first-order valence-electron chi connectivity index (χ1n) is 10.4. The molecule has 1 heterocycles. The molecule has 170 valence electrons. The first-order chi connectivity index (χ1) is 16.0. The average Bonchev–Trinajstić information content (AvgIpc) is 3.26. The molecule has 33 heavy (non-hydrogen) atoms. The lowest BCUT2D eigenvalue weighted by Crippen LogP contribution is -2.30. The molecule has 0 fully saturated rings. The van der Waals surface area contributed by atoms with E-state index in [1.54, 1.807) is 29.2 Å². The van der Waals surface area contributed by atoms with Crippen LogP contribution < -0.4 is 15.0 Å². The van der Waals surface area contributed by atoms with Crippen LogP contribution in [0.5, 0.6) is 5.75 Å². The number of ether oxygens (including phenoxy) is 1. The van der Waals surface area contributed by atoms with Gasteiger partial charge in [-0.1, -0.05) is 42.5 Å². The molecule has 1 N–H and O–H groups in total. The number of para-hydroxylation sites is 1. The van der Waals surface area contributed by atoms with Crippen LogP contribution in [-0.2, 0) is 17.8 Å². The molecule has 0 radical (unpaired) electrons. The number of anilines is 1. The number of hydrogen-bond acceptors (Lipinski definition) is 4. The second kappa shape index (κ2) is 10.5. The SMILES string of the molecule is O=C(NCc1ccc(OC(F)F)cc1)c1ccccc1SCC(=O)N1CCc2ccccc21. The van der Waals surface area contributed by atoms with Crippen molar-refractivity contribution in [3.05, 3.63) is 89.5 Å². The van der Waals surface area contributed by atoms with Crippen LogP contribution in [0.2, 0.25) is 0 Å². The summed E-state index contributed by atoms with van der Waals surface area (Å²) in [6.45, 7) is -1.98. The van der Waals surface area contributed by atoms with Crippen molar-refractivity contribution >= 4 is 29.3 Å². The standard InChI is InChI=1S/C25H22F2N2O3S/c26-25(27)32-19-11-9-17(10-12-19)15-28-24(31)20-6-2-4-8-22(20)33-16-23(30)29-14-13-18-5-1-3-7-21(18)29/h1-12,25H,13-16H2,(H,28,31). The summed E-state index contributed by atoms with van der Waals surface area (Å²) in [4.78, 5) is 28.1. The highest BCUT2D eigenvalue weighted by Crippen LogP contribution is 2.29. The number of alkyl halides is 2. The fourth-order valence-corrected chi connectivity index (χ4v) is 4.59. The van der Waals surface area contributed by atoms with Gasteiger partial charge in [-0.05, 0) is 47.9 Å². The Balaban J connectivity index is 1.35. The maximum absolute atomic E-state index is 12.8. The van der Waals surface area contributed by atoms with Gasteiger partial charge in [-0.15, -0.1) is 11.8 Å². The topological polar surface area (TPSA) is 58.6 Å². The number of nitrogens with zero attached hydrogens (tertiary/aromatic N) is 1. The molecule has 8 heteroatoms. The van der Waals surface area contributed by atoms with Gasteiger partial charge in [0.25, 0.3) is 5.91 Å². The van der Waals surface area contributed by atoms with Gasteiger partial charge in [0.05, 0.1) is 11.3 Å². The summed E-state index contributed by atoms with van der Waals surface area (Å²) in [5, 5.41) is 2.84. The van der Waals surface area contributed by atoms with Crippen molar-refractivity contribution in [1.29, 1.82) is 0 Å². The van der Waals surface area contributed by atoms with E-state index in [0.717, 1.165) is 22.6 Å². The Morgan fingerprint density at radius 1 is 1.00 bits per heavy atom. The van der Waals surface area contributed by atoms with Gasteiger partial charge >= 0.3 is 6.61 Å². The minimum absolute atomic E-state index is 0.00580. The summed E-state index contributed by atoms with van der Waals surface area (Å²) in [5.74, 6) is 0.0212. The number of thioether (sulfide) groups is 1. The largest absolute Gasteiger partial charge is 0.435 e. The van der Waals surface area contributed by atoms with E-state index in [4.69, 9.17) is 0 Å². The number of nitrogens with one attached hydrogen (secondary N) is 1. The number of hydrogen-bond donors (Lipinski definition) is 1. The maximum Gasteiger partial charge on any atom is 0.387 e. The molecular formula is C25H22F2N2O3S. The van der Waals surface area contributed by atoms with Crippen LogP contribution >= 0.6 is 11.8 Å². The lowest BCUT2D eigenvalue weighted by atomic mass is 10.2. The van der Waals surface area contributed by atoms with E-state index < -0.39 is 6.61 Å². The number of amides is 2. The van der Waals surface area contributed by atoms with Gasteiger partial charge in [-0.3, -0.25) is 9.59 Å². The Hall–Kier alpha value is -3.39. The van der Waals surface area contributed by atoms with Gasteiger partial charge in [0.1, 0.15) is 5.75 Å². The van der Waals surface area contributed by atoms with Gasteiger partial charge < -0.3 is 15.0 Å². The third kappa shape index (κ3) is 5.70. The first-order valence-corrected chi connectivity index (χ1v) is 11.4. The predicted octanol–water partition coefficient (Wildman–Crippen LogP) is 4.90. The number of fused-ring (bicyclic) bond motifs is 1.